The van der Waals surface area contributed by atoms with E-state index in [4.69, 9.17) is 11.6 Å². The molecule has 0 saturated carbocycles. The summed E-state index contributed by atoms with van der Waals surface area (Å²) in [6.45, 7) is 1.92. The van der Waals surface area contributed by atoms with Gasteiger partial charge in [0.25, 0.3) is 0 Å². The Kier molecular flexibility index (Phi) is 3.26. The summed E-state index contributed by atoms with van der Waals surface area (Å²) in [6, 6.07) is 5.39. The smallest absolute Gasteiger partial charge is 0.131 e. The Hall–Kier alpha value is -0.930. The lowest BCUT2D eigenvalue weighted by atomic mass is 10.1. The van der Waals surface area contributed by atoms with Crippen LogP contribution in [-0.4, -0.2) is 0 Å². The van der Waals surface area contributed by atoms with Crippen LogP contribution in [0.25, 0.3) is 0 Å². The molecule has 1 atom stereocenters. The van der Waals surface area contributed by atoms with E-state index in [1.165, 1.54) is 23.5 Å². The van der Waals surface area contributed by atoms with E-state index in [-0.39, 0.29) is 0 Å². The van der Waals surface area contributed by atoms with Gasteiger partial charge in [0.15, 0.2) is 0 Å². The highest BCUT2D eigenvalue weighted by atomic mass is 35.5. The second-order valence-electron chi connectivity index (χ2n) is 3.50. The first-order valence-corrected chi connectivity index (χ1v) is 6.04. The van der Waals surface area contributed by atoms with Crippen LogP contribution in [0, 0.1) is 18.6 Å². The summed E-state index contributed by atoms with van der Waals surface area (Å²) in [5.74, 6) is -1.19. The van der Waals surface area contributed by atoms with Crippen molar-refractivity contribution in [3.05, 3.63) is 57.3 Å². The third-order valence-electron chi connectivity index (χ3n) is 2.37. The maximum absolute atomic E-state index is 13.5. The number of aryl methyl sites for hydroxylation is 1. The van der Waals surface area contributed by atoms with Gasteiger partial charge >= 0.3 is 0 Å². The van der Waals surface area contributed by atoms with Crippen molar-refractivity contribution in [2.45, 2.75) is 12.3 Å². The van der Waals surface area contributed by atoms with Crippen molar-refractivity contribution in [2.24, 2.45) is 0 Å². The van der Waals surface area contributed by atoms with Crippen LogP contribution in [0.2, 0.25) is 0 Å². The van der Waals surface area contributed by atoms with Crippen LogP contribution in [0.3, 0.4) is 0 Å². The van der Waals surface area contributed by atoms with Crippen molar-refractivity contribution in [1.82, 2.24) is 0 Å². The molecular weight excluding hydrogens is 250 g/mol. The minimum Gasteiger partial charge on any atom is -0.207 e. The van der Waals surface area contributed by atoms with Crippen LogP contribution in [-0.2, 0) is 0 Å². The van der Waals surface area contributed by atoms with E-state index in [9.17, 15) is 8.78 Å². The third-order valence-corrected chi connectivity index (χ3v) is 4.03. The zero-order valence-electron chi connectivity index (χ0n) is 8.51. The SMILES string of the molecule is Cc1ccsc1C(Cl)c1ccc(F)cc1F. The van der Waals surface area contributed by atoms with Crippen molar-refractivity contribution in [1.29, 1.82) is 0 Å². The van der Waals surface area contributed by atoms with Gasteiger partial charge in [-0.1, -0.05) is 6.07 Å². The summed E-state index contributed by atoms with van der Waals surface area (Å²) in [5.41, 5.74) is 1.34. The molecule has 0 amide bonds. The average molecular weight is 259 g/mol. The standard InChI is InChI=1S/C12H9ClF2S/c1-7-4-5-16-12(7)11(13)9-3-2-8(14)6-10(9)15/h2-6,11H,1H3. The summed E-state index contributed by atoms with van der Waals surface area (Å²) in [4.78, 5) is 0.896. The van der Waals surface area contributed by atoms with Crippen molar-refractivity contribution in [3.8, 4) is 0 Å². The lowest BCUT2D eigenvalue weighted by Gasteiger charge is -2.10. The Morgan fingerprint density at radius 1 is 1.25 bits per heavy atom. The Balaban J connectivity index is 2.41. The molecule has 1 heterocycles. The molecule has 0 aliphatic heterocycles. The van der Waals surface area contributed by atoms with Gasteiger partial charge in [-0.05, 0) is 30.0 Å². The molecule has 1 aromatic heterocycles. The fourth-order valence-corrected chi connectivity index (χ4v) is 2.91. The molecule has 0 radical (unpaired) electrons. The molecule has 2 aromatic rings. The van der Waals surface area contributed by atoms with Crippen molar-refractivity contribution >= 4 is 22.9 Å². The number of alkyl halides is 1. The molecule has 1 aromatic carbocycles. The lowest BCUT2D eigenvalue weighted by Crippen LogP contribution is -1.97. The van der Waals surface area contributed by atoms with Crippen LogP contribution in [0.5, 0.6) is 0 Å². The van der Waals surface area contributed by atoms with Gasteiger partial charge < -0.3 is 0 Å². The molecular formula is C12H9ClF2S. The Morgan fingerprint density at radius 2 is 2.00 bits per heavy atom. The molecule has 84 valence electrons. The molecule has 16 heavy (non-hydrogen) atoms. The second kappa shape index (κ2) is 4.52. The minimum absolute atomic E-state index is 0.314. The van der Waals surface area contributed by atoms with E-state index in [2.05, 4.69) is 0 Å². The van der Waals surface area contributed by atoms with Crippen molar-refractivity contribution in [3.63, 3.8) is 0 Å². The predicted molar refractivity (Wildman–Crippen MR) is 63.1 cm³/mol. The molecule has 0 aliphatic carbocycles. The normalized spacial score (nSPS) is 12.8. The lowest BCUT2D eigenvalue weighted by molar-refractivity contribution is 0.574. The largest absolute Gasteiger partial charge is 0.207 e. The summed E-state index contributed by atoms with van der Waals surface area (Å²) in [7, 11) is 0. The highest BCUT2D eigenvalue weighted by molar-refractivity contribution is 7.10. The van der Waals surface area contributed by atoms with Gasteiger partial charge in [-0.2, -0.15) is 0 Å². The molecule has 1 unspecified atom stereocenters. The van der Waals surface area contributed by atoms with Gasteiger partial charge in [-0.25, -0.2) is 8.78 Å². The number of halogens is 3. The molecule has 0 fully saturated rings. The molecule has 0 saturated heterocycles. The van der Waals surface area contributed by atoms with E-state index < -0.39 is 17.0 Å². The Bertz CT molecular complexity index is 507. The van der Waals surface area contributed by atoms with E-state index in [0.717, 1.165) is 16.5 Å². The summed E-state index contributed by atoms with van der Waals surface area (Å²) in [5, 5.41) is 1.35. The first kappa shape index (κ1) is 11.6. The van der Waals surface area contributed by atoms with Gasteiger partial charge in [0.2, 0.25) is 0 Å². The highest BCUT2D eigenvalue weighted by Crippen LogP contribution is 2.35. The Labute approximate surface area is 101 Å². The van der Waals surface area contributed by atoms with Crippen LogP contribution >= 0.6 is 22.9 Å². The van der Waals surface area contributed by atoms with Crippen LogP contribution in [0.15, 0.2) is 29.6 Å². The molecule has 4 heteroatoms. The fourth-order valence-electron chi connectivity index (χ4n) is 1.49. The summed E-state index contributed by atoms with van der Waals surface area (Å²) in [6.07, 6.45) is 0. The van der Waals surface area contributed by atoms with Gasteiger partial charge in [0.1, 0.15) is 11.6 Å². The Morgan fingerprint density at radius 3 is 2.56 bits per heavy atom. The maximum Gasteiger partial charge on any atom is 0.131 e. The summed E-state index contributed by atoms with van der Waals surface area (Å²) < 4.78 is 26.3. The van der Waals surface area contributed by atoms with Crippen molar-refractivity contribution in [2.75, 3.05) is 0 Å². The van der Waals surface area contributed by atoms with E-state index in [1.54, 1.807) is 0 Å². The first-order valence-electron chi connectivity index (χ1n) is 4.72. The average Bonchev–Trinajstić information content (AvgIpc) is 2.63. The molecule has 0 aliphatic rings. The number of hydrogen-bond acceptors (Lipinski definition) is 1. The first-order chi connectivity index (χ1) is 7.59. The van der Waals surface area contributed by atoms with Gasteiger partial charge in [-0.15, -0.1) is 22.9 Å². The van der Waals surface area contributed by atoms with Crippen LogP contribution < -0.4 is 0 Å². The van der Waals surface area contributed by atoms with Gasteiger partial charge in [-0.3, -0.25) is 0 Å². The predicted octanol–water partition coefficient (Wildman–Crippen LogP) is 4.66. The van der Waals surface area contributed by atoms with Crippen LogP contribution in [0.1, 0.15) is 21.4 Å². The third kappa shape index (κ3) is 2.11. The fraction of sp³-hybridized carbons (Fsp3) is 0.167. The second-order valence-corrected chi connectivity index (χ2v) is 4.88. The van der Waals surface area contributed by atoms with E-state index in [1.807, 2.05) is 18.4 Å². The minimum atomic E-state index is -0.604. The molecule has 0 N–H and O–H groups in total. The number of thiophene rings is 1. The number of hydrogen-bond donors (Lipinski definition) is 0. The maximum atomic E-state index is 13.5. The van der Waals surface area contributed by atoms with Crippen molar-refractivity contribution < 1.29 is 8.78 Å². The molecule has 2 rings (SSSR count). The molecule has 0 spiro atoms. The van der Waals surface area contributed by atoms with E-state index >= 15 is 0 Å². The topological polar surface area (TPSA) is 0 Å². The highest BCUT2D eigenvalue weighted by Gasteiger charge is 2.18. The van der Waals surface area contributed by atoms with Crippen LogP contribution in [0.4, 0.5) is 8.78 Å². The zero-order valence-corrected chi connectivity index (χ0v) is 10.1. The quantitative estimate of drug-likeness (QED) is 0.687. The zero-order chi connectivity index (χ0) is 11.7. The molecule has 0 nitrogen and oxygen atoms in total. The monoisotopic (exact) mass is 258 g/mol. The number of rotatable bonds is 2. The van der Waals surface area contributed by atoms with Gasteiger partial charge in [0.05, 0.1) is 5.38 Å². The van der Waals surface area contributed by atoms with Gasteiger partial charge in [0, 0.05) is 16.5 Å². The molecule has 0 bridgehead atoms. The number of benzene rings is 1. The van der Waals surface area contributed by atoms with E-state index in [0.29, 0.717) is 5.56 Å². The summed E-state index contributed by atoms with van der Waals surface area (Å²) >= 11 is 7.66.